The molecule has 1 aliphatic carbocycles. The molecule has 1 aromatic carbocycles. The van der Waals surface area contributed by atoms with Crippen LogP contribution in [0.3, 0.4) is 0 Å². The van der Waals surface area contributed by atoms with Gasteiger partial charge in [0, 0.05) is 35.2 Å². The number of aryl methyl sites for hydroxylation is 2. The van der Waals surface area contributed by atoms with Gasteiger partial charge in [-0.3, -0.25) is 9.59 Å². The van der Waals surface area contributed by atoms with E-state index in [1.807, 2.05) is 40.9 Å². The van der Waals surface area contributed by atoms with Crippen molar-refractivity contribution < 1.29 is 9.59 Å². The van der Waals surface area contributed by atoms with Crippen LogP contribution < -0.4 is 5.32 Å². The quantitative estimate of drug-likeness (QED) is 0.755. The summed E-state index contributed by atoms with van der Waals surface area (Å²) in [6, 6.07) is 9.74. The van der Waals surface area contributed by atoms with Gasteiger partial charge in [0.2, 0.25) is 5.91 Å². The Labute approximate surface area is 174 Å². The molecular formula is C22H26N2O2S2. The van der Waals surface area contributed by atoms with Gasteiger partial charge in [0.15, 0.2) is 0 Å². The second-order valence-corrected chi connectivity index (χ2v) is 9.80. The number of nitrogens with one attached hydrogen (secondary N) is 1. The number of thioether (sulfide) groups is 1. The van der Waals surface area contributed by atoms with Crippen molar-refractivity contribution in [3.8, 4) is 0 Å². The Morgan fingerprint density at radius 1 is 1.00 bits per heavy atom. The highest BCUT2D eigenvalue weighted by molar-refractivity contribution is 7.99. The van der Waals surface area contributed by atoms with Crippen molar-refractivity contribution in [3.05, 3.63) is 51.2 Å². The number of benzene rings is 1. The second kappa shape index (κ2) is 9.14. The molecule has 2 amide bonds. The minimum atomic E-state index is -0.0345. The minimum Gasteiger partial charge on any atom is -0.341 e. The Hall–Kier alpha value is -1.79. The van der Waals surface area contributed by atoms with E-state index in [0.29, 0.717) is 6.42 Å². The number of carbonyl (C=O) groups is 2. The SMILES string of the molecule is O=C(Nc1ccc(CC(=O)N2CCSCC2)cc1)c1cc2c(s1)CCCCC2. The third-order valence-corrected chi connectivity index (χ3v) is 7.58. The summed E-state index contributed by atoms with van der Waals surface area (Å²) in [7, 11) is 0. The average Bonchev–Trinajstić information content (AvgIpc) is 3.01. The Balaban J connectivity index is 1.35. The van der Waals surface area contributed by atoms with Gasteiger partial charge in [-0.1, -0.05) is 18.6 Å². The Bertz CT molecular complexity index is 815. The summed E-state index contributed by atoms with van der Waals surface area (Å²) >= 11 is 3.54. The van der Waals surface area contributed by atoms with Gasteiger partial charge in [-0.15, -0.1) is 11.3 Å². The van der Waals surface area contributed by atoms with Crippen LogP contribution in [0.15, 0.2) is 30.3 Å². The molecule has 2 aromatic rings. The molecule has 0 unspecified atom stereocenters. The van der Waals surface area contributed by atoms with Crippen molar-refractivity contribution >= 4 is 40.6 Å². The molecule has 0 atom stereocenters. The monoisotopic (exact) mass is 414 g/mol. The van der Waals surface area contributed by atoms with Gasteiger partial charge in [0.1, 0.15) is 0 Å². The van der Waals surface area contributed by atoms with Gasteiger partial charge in [0.25, 0.3) is 5.91 Å². The molecule has 1 saturated heterocycles. The van der Waals surface area contributed by atoms with Crippen LogP contribution in [0.2, 0.25) is 0 Å². The van der Waals surface area contributed by atoms with E-state index in [1.165, 1.54) is 29.7 Å². The van der Waals surface area contributed by atoms with Gasteiger partial charge in [-0.25, -0.2) is 0 Å². The summed E-state index contributed by atoms with van der Waals surface area (Å²) in [5.41, 5.74) is 3.13. The lowest BCUT2D eigenvalue weighted by atomic mass is 10.1. The van der Waals surface area contributed by atoms with Crippen LogP contribution >= 0.6 is 23.1 Å². The summed E-state index contributed by atoms with van der Waals surface area (Å²) in [5.74, 6) is 2.22. The molecule has 0 bridgehead atoms. The molecule has 4 nitrogen and oxygen atoms in total. The maximum atomic E-state index is 12.6. The number of thiophene rings is 1. The average molecular weight is 415 g/mol. The van der Waals surface area contributed by atoms with Crippen LogP contribution in [0, 0.1) is 0 Å². The number of hydrogen-bond acceptors (Lipinski definition) is 4. The summed E-state index contributed by atoms with van der Waals surface area (Å²) in [5, 5.41) is 3.00. The fourth-order valence-electron chi connectivity index (χ4n) is 3.78. The maximum absolute atomic E-state index is 12.6. The van der Waals surface area contributed by atoms with Gasteiger partial charge < -0.3 is 10.2 Å². The zero-order valence-electron chi connectivity index (χ0n) is 16.0. The van der Waals surface area contributed by atoms with E-state index in [0.717, 1.165) is 53.6 Å². The number of carbonyl (C=O) groups excluding carboxylic acids is 2. The predicted molar refractivity (Wildman–Crippen MR) is 118 cm³/mol. The molecule has 1 aromatic heterocycles. The van der Waals surface area contributed by atoms with Crippen LogP contribution in [0.25, 0.3) is 0 Å². The first-order chi connectivity index (χ1) is 13.7. The van der Waals surface area contributed by atoms with E-state index in [1.54, 1.807) is 11.3 Å². The van der Waals surface area contributed by atoms with E-state index in [-0.39, 0.29) is 11.8 Å². The highest BCUT2D eigenvalue weighted by Crippen LogP contribution is 2.29. The van der Waals surface area contributed by atoms with Crippen LogP contribution in [0.5, 0.6) is 0 Å². The number of anilines is 1. The number of rotatable bonds is 4. The summed E-state index contributed by atoms with van der Waals surface area (Å²) in [6.07, 6.45) is 6.36. The number of amides is 2. The fourth-order valence-corrected chi connectivity index (χ4v) is 5.83. The molecule has 2 heterocycles. The summed E-state index contributed by atoms with van der Waals surface area (Å²) in [6.45, 7) is 1.70. The van der Waals surface area contributed by atoms with Crippen molar-refractivity contribution in [3.63, 3.8) is 0 Å². The molecule has 0 spiro atoms. The van der Waals surface area contributed by atoms with Crippen LogP contribution in [-0.2, 0) is 24.1 Å². The molecule has 2 aliphatic rings. The van der Waals surface area contributed by atoms with Crippen molar-refractivity contribution in [2.24, 2.45) is 0 Å². The minimum absolute atomic E-state index is 0.0345. The highest BCUT2D eigenvalue weighted by atomic mass is 32.2. The molecule has 148 valence electrons. The number of nitrogens with zero attached hydrogens (tertiary/aromatic N) is 1. The van der Waals surface area contributed by atoms with E-state index < -0.39 is 0 Å². The molecule has 1 N–H and O–H groups in total. The Morgan fingerprint density at radius 2 is 1.75 bits per heavy atom. The fraction of sp³-hybridized carbons (Fsp3) is 0.455. The molecule has 0 radical (unpaired) electrons. The van der Waals surface area contributed by atoms with Crippen LogP contribution in [-0.4, -0.2) is 41.3 Å². The maximum Gasteiger partial charge on any atom is 0.265 e. The van der Waals surface area contributed by atoms with Gasteiger partial charge in [0.05, 0.1) is 11.3 Å². The molecular weight excluding hydrogens is 388 g/mol. The van der Waals surface area contributed by atoms with Gasteiger partial charge >= 0.3 is 0 Å². The highest BCUT2D eigenvalue weighted by Gasteiger charge is 2.18. The Morgan fingerprint density at radius 3 is 2.54 bits per heavy atom. The van der Waals surface area contributed by atoms with Crippen LogP contribution in [0.4, 0.5) is 5.69 Å². The molecule has 28 heavy (non-hydrogen) atoms. The number of hydrogen-bond donors (Lipinski definition) is 1. The zero-order valence-corrected chi connectivity index (χ0v) is 17.7. The topological polar surface area (TPSA) is 49.4 Å². The lowest BCUT2D eigenvalue weighted by Gasteiger charge is -2.26. The first-order valence-electron chi connectivity index (χ1n) is 10.1. The normalized spacial score (nSPS) is 16.9. The summed E-state index contributed by atoms with van der Waals surface area (Å²) < 4.78 is 0. The molecule has 0 saturated carbocycles. The van der Waals surface area contributed by atoms with Gasteiger partial charge in [-0.05, 0) is 55.0 Å². The summed E-state index contributed by atoms with van der Waals surface area (Å²) in [4.78, 5) is 29.1. The molecule has 1 fully saturated rings. The lowest BCUT2D eigenvalue weighted by molar-refractivity contribution is -0.130. The molecule has 4 rings (SSSR count). The number of fused-ring (bicyclic) bond motifs is 1. The van der Waals surface area contributed by atoms with Gasteiger partial charge in [-0.2, -0.15) is 11.8 Å². The largest absolute Gasteiger partial charge is 0.341 e. The first-order valence-corrected chi connectivity index (χ1v) is 12.0. The molecule has 1 aliphatic heterocycles. The Kier molecular flexibility index (Phi) is 6.37. The van der Waals surface area contributed by atoms with E-state index in [2.05, 4.69) is 11.4 Å². The second-order valence-electron chi connectivity index (χ2n) is 7.44. The first kappa shape index (κ1) is 19.5. The van der Waals surface area contributed by atoms with E-state index >= 15 is 0 Å². The van der Waals surface area contributed by atoms with E-state index in [9.17, 15) is 9.59 Å². The van der Waals surface area contributed by atoms with Crippen molar-refractivity contribution in [2.45, 2.75) is 38.5 Å². The smallest absolute Gasteiger partial charge is 0.265 e. The predicted octanol–water partition coefficient (Wildman–Crippen LogP) is 4.39. The molecule has 6 heteroatoms. The van der Waals surface area contributed by atoms with Crippen molar-refractivity contribution in [1.82, 2.24) is 4.90 Å². The van der Waals surface area contributed by atoms with Crippen molar-refractivity contribution in [2.75, 3.05) is 29.9 Å². The lowest BCUT2D eigenvalue weighted by Crippen LogP contribution is -2.38. The third-order valence-electron chi connectivity index (χ3n) is 5.40. The third kappa shape index (κ3) is 4.78. The van der Waals surface area contributed by atoms with Crippen LogP contribution in [0.1, 0.15) is 44.9 Å². The van der Waals surface area contributed by atoms with Crippen molar-refractivity contribution in [1.29, 1.82) is 0 Å². The standard InChI is InChI=1S/C22H26N2O2S2/c25-21(24-10-12-27-13-11-24)14-16-6-8-18(9-7-16)23-22(26)20-15-17-4-2-1-3-5-19(17)28-20/h6-9,15H,1-5,10-14H2,(H,23,26). The van der Waals surface area contributed by atoms with E-state index in [4.69, 9.17) is 0 Å². The zero-order chi connectivity index (χ0) is 19.3.